The lowest BCUT2D eigenvalue weighted by atomic mass is 9.95. The maximum atomic E-state index is 12.5. The van der Waals surface area contributed by atoms with Gasteiger partial charge in [-0.25, -0.2) is 0 Å². The molecule has 0 aromatic rings. The normalized spacial score (nSPS) is 22.2. The zero-order chi connectivity index (χ0) is 14.0. The van der Waals surface area contributed by atoms with E-state index >= 15 is 0 Å². The lowest BCUT2D eigenvalue weighted by molar-refractivity contribution is -0.192. The Morgan fingerprint density at radius 1 is 1.06 bits per heavy atom. The molecule has 1 aliphatic heterocycles. The highest BCUT2D eigenvalue weighted by molar-refractivity contribution is 4.80. The summed E-state index contributed by atoms with van der Waals surface area (Å²) in [6.07, 6.45) is -8.92. The average Bonchev–Trinajstić information content (AvgIpc) is 2.23. The highest BCUT2D eigenvalue weighted by Crippen LogP contribution is 2.35. The number of piperidine rings is 1. The van der Waals surface area contributed by atoms with E-state index in [9.17, 15) is 26.3 Å². The van der Waals surface area contributed by atoms with Crippen molar-refractivity contribution < 1.29 is 26.3 Å². The second-order valence-electron chi connectivity index (χ2n) is 4.59. The van der Waals surface area contributed by atoms with Gasteiger partial charge >= 0.3 is 12.4 Å². The number of hydrogen-bond donors (Lipinski definition) is 1. The summed E-state index contributed by atoms with van der Waals surface area (Å²) in [7, 11) is 0. The first-order valence-electron chi connectivity index (χ1n) is 5.70. The van der Waals surface area contributed by atoms with Crippen LogP contribution in [0, 0.1) is 11.8 Å². The van der Waals surface area contributed by atoms with Crippen molar-refractivity contribution in [2.24, 2.45) is 17.6 Å². The van der Waals surface area contributed by atoms with E-state index in [-0.39, 0.29) is 32.5 Å². The van der Waals surface area contributed by atoms with Gasteiger partial charge in [-0.15, -0.1) is 0 Å². The lowest BCUT2D eigenvalue weighted by Gasteiger charge is -2.35. The molecule has 0 saturated carbocycles. The summed E-state index contributed by atoms with van der Waals surface area (Å²) >= 11 is 0. The molecule has 0 spiro atoms. The topological polar surface area (TPSA) is 29.3 Å². The Hall–Kier alpha value is -0.500. The van der Waals surface area contributed by atoms with Crippen LogP contribution in [0.15, 0.2) is 0 Å². The Balaban J connectivity index is 2.44. The van der Waals surface area contributed by atoms with E-state index in [1.165, 1.54) is 4.90 Å². The molecular weight excluding hydrogens is 262 g/mol. The van der Waals surface area contributed by atoms with Gasteiger partial charge in [0.05, 0.1) is 11.8 Å². The van der Waals surface area contributed by atoms with E-state index in [0.717, 1.165) is 0 Å². The van der Waals surface area contributed by atoms with Gasteiger partial charge < -0.3 is 10.6 Å². The third-order valence-electron chi connectivity index (χ3n) is 3.28. The van der Waals surface area contributed by atoms with Crippen LogP contribution in [0.1, 0.15) is 12.8 Å². The standard InChI is InChI=1S/C10H16F6N2/c11-9(12,13)7-1-3-18(4-2-7)6-8(5-17)10(14,15)16/h7-8H,1-6,17H2. The third-order valence-corrected chi connectivity index (χ3v) is 3.28. The summed E-state index contributed by atoms with van der Waals surface area (Å²) in [4.78, 5) is 1.41. The Morgan fingerprint density at radius 2 is 1.56 bits per heavy atom. The Bertz CT molecular complexity index is 254. The van der Waals surface area contributed by atoms with E-state index in [1.807, 2.05) is 0 Å². The third kappa shape index (κ3) is 4.31. The number of nitrogens with zero attached hydrogens (tertiary/aromatic N) is 1. The van der Waals surface area contributed by atoms with Crippen LogP contribution in [-0.4, -0.2) is 43.4 Å². The predicted molar refractivity (Wildman–Crippen MR) is 53.8 cm³/mol. The number of nitrogens with two attached hydrogens (primary N) is 1. The van der Waals surface area contributed by atoms with Gasteiger partial charge in [-0.05, 0) is 25.9 Å². The van der Waals surface area contributed by atoms with Crippen LogP contribution in [0.4, 0.5) is 26.3 Å². The highest BCUT2D eigenvalue weighted by atomic mass is 19.4. The molecule has 2 N–H and O–H groups in total. The molecule has 1 atom stereocenters. The number of hydrogen-bond acceptors (Lipinski definition) is 2. The van der Waals surface area contributed by atoms with Crippen molar-refractivity contribution in [1.29, 1.82) is 0 Å². The van der Waals surface area contributed by atoms with Crippen LogP contribution in [0.5, 0.6) is 0 Å². The monoisotopic (exact) mass is 278 g/mol. The van der Waals surface area contributed by atoms with Gasteiger partial charge in [-0.2, -0.15) is 26.3 Å². The molecule has 1 fully saturated rings. The van der Waals surface area contributed by atoms with Crippen molar-refractivity contribution in [3.05, 3.63) is 0 Å². The molecular formula is C10H16F6N2. The van der Waals surface area contributed by atoms with Crippen molar-refractivity contribution in [2.45, 2.75) is 25.2 Å². The summed E-state index contributed by atoms with van der Waals surface area (Å²) < 4.78 is 74.5. The maximum absolute atomic E-state index is 12.5. The molecule has 2 nitrogen and oxygen atoms in total. The van der Waals surface area contributed by atoms with Crippen molar-refractivity contribution in [3.8, 4) is 0 Å². The summed E-state index contributed by atoms with van der Waals surface area (Å²) in [6, 6.07) is 0. The van der Waals surface area contributed by atoms with Crippen molar-refractivity contribution >= 4 is 0 Å². The first-order chi connectivity index (χ1) is 8.14. The molecule has 108 valence electrons. The zero-order valence-corrected chi connectivity index (χ0v) is 9.69. The van der Waals surface area contributed by atoms with Crippen LogP contribution in [0.3, 0.4) is 0 Å². The molecule has 8 heteroatoms. The van der Waals surface area contributed by atoms with Crippen LogP contribution in [0.2, 0.25) is 0 Å². The molecule has 0 amide bonds. The van der Waals surface area contributed by atoms with Crippen LogP contribution >= 0.6 is 0 Å². The molecule has 1 saturated heterocycles. The first kappa shape index (κ1) is 15.6. The van der Waals surface area contributed by atoms with E-state index in [1.54, 1.807) is 0 Å². The quantitative estimate of drug-likeness (QED) is 0.803. The van der Waals surface area contributed by atoms with Crippen molar-refractivity contribution in [3.63, 3.8) is 0 Å². The van der Waals surface area contributed by atoms with Crippen LogP contribution < -0.4 is 5.73 Å². The second-order valence-corrected chi connectivity index (χ2v) is 4.59. The van der Waals surface area contributed by atoms with Gasteiger partial charge in [0.15, 0.2) is 0 Å². The maximum Gasteiger partial charge on any atom is 0.394 e. The molecule has 1 aliphatic rings. The van der Waals surface area contributed by atoms with E-state index in [2.05, 4.69) is 0 Å². The SMILES string of the molecule is NCC(CN1CCC(C(F)(F)F)CC1)C(F)(F)F. The Morgan fingerprint density at radius 3 is 1.89 bits per heavy atom. The van der Waals surface area contributed by atoms with Crippen molar-refractivity contribution in [1.82, 2.24) is 4.90 Å². The summed E-state index contributed by atoms with van der Waals surface area (Å²) in [5.41, 5.74) is 5.05. The van der Waals surface area contributed by atoms with Crippen LogP contribution in [0.25, 0.3) is 0 Å². The number of rotatable bonds is 3. The minimum atomic E-state index is -4.39. The smallest absolute Gasteiger partial charge is 0.330 e. The minimum absolute atomic E-state index is 0.0384. The van der Waals surface area contributed by atoms with Gasteiger partial charge in [0, 0.05) is 13.1 Å². The zero-order valence-electron chi connectivity index (χ0n) is 9.69. The highest BCUT2D eigenvalue weighted by Gasteiger charge is 2.43. The molecule has 0 bridgehead atoms. The largest absolute Gasteiger partial charge is 0.394 e. The second kappa shape index (κ2) is 5.64. The summed E-state index contributed by atoms with van der Waals surface area (Å²) in [5, 5.41) is 0. The van der Waals surface area contributed by atoms with Crippen LogP contribution in [-0.2, 0) is 0 Å². The fraction of sp³-hybridized carbons (Fsp3) is 1.00. The summed E-state index contributed by atoms with van der Waals surface area (Å²) in [6.45, 7) is -0.777. The van der Waals surface area contributed by atoms with Gasteiger partial charge in [0.1, 0.15) is 0 Å². The van der Waals surface area contributed by atoms with Gasteiger partial charge in [-0.1, -0.05) is 0 Å². The number of alkyl halides is 6. The Kier molecular flexibility index (Phi) is 4.88. The molecule has 0 aliphatic carbocycles. The van der Waals surface area contributed by atoms with Gasteiger partial charge in [-0.3, -0.25) is 0 Å². The van der Waals surface area contributed by atoms with Gasteiger partial charge in [0.2, 0.25) is 0 Å². The fourth-order valence-electron chi connectivity index (χ4n) is 2.07. The number of halogens is 6. The van der Waals surface area contributed by atoms with Gasteiger partial charge in [0.25, 0.3) is 0 Å². The number of likely N-dealkylation sites (tertiary alicyclic amines) is 1. The van der Waals surface area contributed by atoms with E-state index < -0.39 is 30.7 Å². The molecule has 0 radical (unpaired) electrons. The molecule has 0 aromatic carbocycles. The van der Waals surface area contributed by atoms with Crippen molar-refractivity contribution in [2.75, 3.05) is 26.2 Å². The minimum Gasteiger partial charge on any atom is -0.330 e. The molecule has 1 unspecified atom stereocenters. The molecule has 0 aromatic heterocycles. The Labute approximate surface area is 101 Å². The molecule has 1 heterocycles. The summed E-state index contributed by atoms with van der Waals surface area (Å²) in [5.74, 6) is -3.06. The van der Waals surface area contributed by atoms with E-state index in [4.69, 9.17) is 5.73 Å². The lowest BCUT2D eigenvalue weighted by Crippen LogP contribution is -2.45. The molecule has 18 heavy (non-hydrogen) atoms. The predicted octanol–water partition coefficient (Wildman–Crippen LogP) is 2.40. The fourth-order valence-corrected chi connectivity index (χ4v) is 2.07. The first-order valence-corrected chi connectivity index (χ1v) is 5.70. The van der Waals surface area contributed by atoms with E-state index in [0.29, 0.717) is 0 Å². The molecule has 1 rings (SSSR count). The average molecular weight is 278 g/mol.